The number of ether oxygens (including phenoxy) is 1. The van der Waals surface area contributed by atoms with Gasteiger partial charge < -0.3 is 9.64 Å². The molecule has 1 aliphatic rings. The van der Waals surface area contributed by atoms with Gasteiger partial charge in [0.25, 0.3) is 0 Å². The Kier molecular flexibility index (Phi) is 4.19. The van der Waals surface area contributed by atoms with Crippen molar-refractivity contribution in [3.63, 3.8) is 0 Å². The molecule has 0 saturated heterocycles. The Morgan fingerprint density at radius 2 is 1.73 bits per heavy atom. The minimum absolute atomic E-state index is 0.373. The maximum atomic E-state index is 5.68. The van der Waals surface area contributed by atoms with Crippen LogP contribution in [0.5, 0.6) is 0 Å². The van der Waals surface area contributed by atoms with Crippen LogP contribution < -0.4 is 0 Å². The van der Waals surface area contributed by atoms with E-state index in [2.05, 4.69) is 39.8 Å². The first kappa shape index (κ1) is 13.0. The minimum atomic E-state index is 0.373. The summed E-state index contributed by atoms with van der Waals surface area (Å²) in [7, 11) is 6.21. The molecule has 0 aliphatic heterocycles. The van der Waals surface area contributed by atoms with Crippen molar-refractivity contribution in [2.75, 3.05) is 21.2 Å². The Morgan fingerprint density at radius 1 is 1.13 bits per heavy atom. The van der Waals surface area contributed by atoms with Crippen molar-refractivity contribution in [1.29, 1.82) is 0 Å². The van der Waals surface area contributed by atoms with Crippen LogP contribution in [0.2, 0.25) is 0 Å². The first-order valence-electron chi connectivity index (χ1n) is 6.05. The Labute approximate surface area is 95.0 Å². The molecule has 1 saturated carbocycles. The van der Waals surface area contributed by atoms with E-state index in [1.54, 1.807) is 0 Å². The zero-order valence-electron chi connectivity index (χ0n) is 11.2. The second-order valence-electron chi connectivity index (χ2n) is 6.18. The highest BCUT2D eigenvalue weighted by Crippen LogP contribution is 2.40. The average molecular weight is 213 g/mol. The standard InChI is InChI=1S/C13H27NO/c1-13(2,3)11-8-7-10(14(4)5)9-12(11)15-6/h10-12H,7-9H2,1-6H3. The van der Waals surface area contributed by atoms with Gasteiger partial charge >= 0.3 is 0 Å². The zero-order chi connectivity index (χ0) is 11.6. The van der Waals surface area contributed by atoms with Gasteiger partial charge in [0.1, 0.15) is 0 Å². The molecule has 0 aromatic carbocycles. The summed E-state index contributed by atoms with van der Waals surface area (Å²) in [5.41, 5.74) is 0.373. The molecule has 0 bridgehead atoms. The molecule has 90 valence electrons. The molecule has 1 aliphatic carbocycles. The quantitative estimate of drug-likeness (QED) is 0.699. The molecule has 0 N–H and O–H groups in total. The molecule has 2 nitrogen and oxygen atoms in total. The van der Waals surface area contributed by atoms with Crippen molar-refractivity contribution < 1.29 is 4.74 Å². The SMILES string of the molecule is COC1CC(N(C)C)CCC1C(C)(C)C. The normalized spacial score (nSPS) is 33.4. The topological polar surface area (TPSA) is 12.5 Å². The summed E-state index contributed by atoms with van der Waals surface area (Å²) in [4.78, 5) is 2.34. The van der Waals surface area contributed by atoms with Crippen LogP contribution in [-0.2, 0) is 4.74 Å². The van der Waals surface area contributed by atoms with E-state index in [0.29, 0.717) is 23.5 Å². The van der Waals surface area contributed by atoms with Crippen molar-refractivity contribution in [2.24, 2.45) is 11.3 Å². The van der Waals surface area contributed by atoms with E-state index in [9.17, 15) is 0 Å². The lowest BCUT2D eigenvalue weighted by molar-refractivity contribution is -0.0425. The molecule has 15 heavy (non-hydrogen) atoms. The van der Waals surface area contributed by atoms with Gasteiger partial charge in [-0.05, 0) is 44.7 Å². The molecular formula is C13H27NO. The van der Waals surface area contributed by atoms with Crippen LogP contribution >= 0.6 is 0 Å². The summed E-state index contributed by atoms with van der Waals surface area (Å²) in [5, 5.41) is 0. The number of hydrogen-bond donors (Lipinski definition) is 0. The van der Waals surface area contributed by atoms with Gasteiger partial charge in [0.2, 0.25) is 0 Å². The first-order chi connectivity index (χ1) is 6.86. The molecule has 0 aromatic heterocycles. The van der Waals surface area contributed by atoms with Crippen molar-refractivity contribution in [2.45, 2.75) is 52.2 Å². The second-order valence-corrected chi connectivity index (χ2v) is 6.18. The van der Waals surface area contributed by atoms with E-state index in [1.165, 1.54) is 19.3 Å². The van der Waals surface area contributed by atoms with E-state index in [1.807, 2.05) is 7.11 Å². The summed E-state index contributed by atoms with van der Waals surface area (Å²) in [5.74, 6) is 0.707. The number of rotatable bonds is 2. The molecule has 0 amide bonds. The molecule has 3 unspecified atom stereocenters. The minimum Gasteiger partial charge on any atom is -0.381 e. The second kappa shape index (κ2) is 4.84. The van der Waals surface area contributed by atoms with E-state index < -0.39 is 0 Å². The van der Waals surface area contributed by atoms with Gasteiger partial charge in [0.15, 0.2) is 0 Å². The number of methoxy groups -OCH3 is 1. The maximum Gasteiger partial charge on any atom is 0.0619 e. The zero-order valence-corrected chi connectivity index (χ0v) is 11.2. The molecule has 0 heterocycles. The van der Waals surface area contributed by atoms with Crippen LogP contribution in [-0.4, -0.2) is 38.3 Å². The van der Waals surface area contributed by atoms with Crippen LogP contribution in [0.3, 0.4) is 0 Å². The Bertz CT molecular complexity index is 195. The fourth-order valence-electron chi connectivity index (χ4n) is 2.83. The smallest absolute Gasteiger partial charge is 0.0619 e. The molecule has 0 aromatic rings. The number of hydrogen-bond acceptors (Lipinski definition) is 2. The molecule has 2 heteroatoms. The molecule has 0 radical (unpaired) electrons. The monoisotopic (exact) mass is 213 g/mol. The van der Waals surface area contributed by atoms with Gasteiger partial charge in [-0.15, -0.1) is 0 Å². The average Bonchev–Trinajstić information content (AvgIpc) is 2.15. The fraction of sp³-hybridized carbons (Fsp3) is 1.00. The third-order valence-corrected chi connectivity index (χ3v) is 3.91. The molecule has 1 fully saturated rings. The Hall–Kier alpha value is -0.0800. The predicted molar refractivity (Wildman–Crippen MR) is 65.1 cm³/mol. The first-order valence-corrected chi connectivity index (χ1v) is 6.05. The third kappa shape index (κ3) is 3.18. The summed E-state index contributed by atoms with van der Waals surface area (Å²) >= 11 is 0. The van der Waals surface area contributed by atoms with Gasteiger partial charge in [-0.25, -0.2) is 0 Å². The molecule has 0 spiro atoms. The molecular weight excluding hydrogens is 186 g/mol. The summed E-state index contributed by atoms with van der Waals surface area (Å²) in [6.07, 6.45) is 4.23. The lowest BCUT2D eigenvalue weighted by Gasteiger charge is -2.44. The van der Waals surface area contributed by atoms with Crippen LogP contribution in [0.15, 0.2) is 0 Å². The van der Waals surface area contributed by atoms with Crippen LogP contribution in [0, 0.1) is 11.3 Å². The highest BCUT2D eigenvalue weighted by atomic mass is 16.5. The van der Waals surface area contributed by atoms with Gasteiger partial charge in [-0.1, -0.05) is 20.8 Å². The lowest BCUT2D eigenvalue weighted by Crippen LogP contribution is -2.44. The fourth-order valence-corrected chi connectivity index (χ4v) is 2.83. The molecule has 1 rings (SSSR count). The maximum absolute atomic E-state index is 5.68. The largest absolute Gasteiger partial charge is 0.381 e. The third-order valence-electron chi connectivity index (χ3n) is 3.91. The predicted octanol–water partition coefficient (Wildman–Crippen LogP) is 2.78. The van der Waals surface area contributed by atoms with E-state index in [-0.39, 0.29) is 0 Å². The van der Waals surface area contributed by atoms with Gasteiger partial charge in [0.05, 0.1) is 6.10 Å². The van der Waals surface area contributed by atoms with Gasteiger partial charge in [0, 0.05) is 13.2 Å². The van der Waals surface area contributed by atoms with Crippen LogP contribution in [0.4, 0.5) is 0 Å². The van der Waals surface area contributed by atoms with E-state index in [0.717, 1.165) is 0 Å². The highest BCUT2D eigenvalue weighted by Gasteiger charge is 2.37. The van der Waals surface area contributed by atoms with Gasteiger partial charge in [-0.3, -0.25) is 0 Å². The molecule has 3 atom stereocenters. The summed E-state index contributed by atoms with van der Waals surface area (Å²) in [6, 6.07) is 0.702. The Morgan fingerprint density at radius 3 is 2.13 bits per heavy atom. The van der Waals surface area contributed by atoms with Crippen LogP contribution in [0.1, 0.15) is 40.0 Å². The van der Waals surface area contributed by atoms with E-state index >= 15 is 0 Å². The summed E-state index contributed by atoms with van der Waals surface area (Å²) < 4.78 is 5.68. The van der Waals surface area contributed by atoms with Crippen LogP contribution in [0.25, 0.3) is 0 Å². The van der Waals surface area contributed by atoms with E-state index in [4.69, 9.17) is 4.74 Å². The van der Waals surface area contributed by atoms with Crippen molar-refractivity contribution >= 4 is 0 Å². The lowest BCUT2D eigenvalue weighted by atomic mass is 9.69. The number of nitrogens with zero attached hydrogens (tertiary/aromatic N) is 1. The van der Waals surface area contributed by atoms with Crippen molar-refractivity contribution in [1.82, 2.24) is 4.90 Å². The Balaban J connectivity index is 2.65. The van der Waals surface area contributed by atoms with Crippen molar-refractivity contribution in [3.05, 3.63) is 0 Å². The summed E-state index contributed by atoms with van der Waals surface area (Å²) in [6.45, 7) is 7.00. The highest BCUT2D eigenvalue weighted by molar-refractivity contribution is 4.89. The van der Waals surface area contributed by atoms with Gasteiger partial charge in [-0.2, -0.15) is 0 Å². The van der Waals surface area contributed by atoms with Crippen molar-refractivity contribution in [3.8, 4) is 0 Å².